The van der Waals surface area contributed by atoms with Crippen molar-refractivity contribution >= 4 is 17.5 Å². The van der Waals surface area contributed by atoms with Gasteiger partial charge in [0.15, 0.2) is 0 Å². The van der Waals surface area contributed by atoms with Gasteiger partial charge in [0.05, 0.1) is 5.69 Å². The van der Waals surface area contributed by atoms with E-state index in [1.807, 2.05) is 16.8 Å². The minimum atomic E-state index is -0.632. The van der Waals surface area contributed by atoms with E-state index in [0.29, 0.717) is 24.5 Å². The van der Waals surface area contributed by atoms with Crippen LogP contribution >= 0.6 is 0 Å². The summed E-state index contributed by atoms with van der Waals surface area (Å²) in [6, 6.07) is 18.4. The highest BCUT2D eigenvalue weighted by atomic mass is 19.1. The second kappa shape index (κ2) is 8.07. The van der Waals surface area contributed by atoms with Gasteiger partial charge in [-0.05, 0) is 42.0 Å². The van der Waals surface area contributed by atoms with Gasteiger partial charge in [0, 0.05) is 23.5 Å². The van der Waals surface area contributed by atoms with Crippen LogP contribution in [0.3, 0.4) is 0 Å². The summed E-state index contributed by atoms with van der Waals surface area (Å²) in [5.74, 6) is -0.896. The van der Waals surface area contributed by atoms with E-state index in [1.165, 1.54) is 17.1 Å². The second-order valence-corrected chi connectivity index (χ2v) is 7.37. The van der Waals surface area contributed by atoms with Crippen LogP contribution in [0.1, 0.15) is 10.4 Å². The fourth-order valence-corrected chi connectivity index (χ4v) is 3.78. The third-order valence-corrected chi connectivity index (χ3v) is 5.37. The van der Waals surface area contributed by atoms with Gasteiger partial charge in [0.1, 0.15) is 24.5 Å². The summed E-state index contributed by atoms with van der Waals surface area (Å²) in [6.07, 6.45) is 3.36. The lowest BCUT2D eigenvalue weighted by Gasteiger charge is -2.22. The lowest BCUT2D eigenvalue weighted by molar-refractivity contribution is -0.740. The van der Waals surface area contributed by atoms with Gasteiger partial charge in [0.25, 0.3) is 5.78 Å². The smallest absolute Gasteiger partial charge is 0.283 e. The van der Waals surface area contributed by atoms with E-state index in [-0.39, 0.29) is 5.82 Å². The molecule has 0 bridgehead atoms. The van der Waals surface area contributed by atoms with E-state index in [0.717, 1.165) is 22.4 Å². The SMILES string of the molecule is O=C(C(=O)N1CC[n+]2[nH]c(-c3ccc(F)cc3)c(-c3ccncc3)c2N1)c1ccccc1. The number of carbonyl (C=O) groups is 2. The lowest BCUT2D eigenvalue weighted by atomic mass is 10.0. The first-order valence-corrected chi connectivity index (χ1v) is 10.1. The molecule has 158 valence electrons. The van der Waals surface area contributed by atoms with Crippen molar-refractivity contribution in [1.29, 1.82) is 0 Å². The highest BCUT2D eigenvalue weighted by Crippen LogP contribution is 2.36. The molecule has 2 aromatic heterocycles. The largest absolute Gasteiger partial charge is 0.329 e. The summed E-state index contributed by atoms with van der Waals surface area (Å²) < 4.78 is 15.4. The predicted molar refractivity (Wildman–Crippen MR) is 116 cm³/mol. The number of hydrogen-bond donors (Lipinski definition) is 2. The third-order valence-electron chi connectivity index (χ3n) is 5.37. The Bertz CT molecular complexity index is 1290. The van der Waals surface area contributed by atoms with Crippen molar-refractivity contribution in [3.05, 3.63) is 90.5 Å². The fraction of sp³-hybridized carbons (Fsp3) is 0.0833. The number of carbonyl (C=O) groups excluding carboxylic acids is 2. The lowest BCUT2D eigenvalue weighted by Crippen LogP contribution is -2.55. The molecule has 0 saturated heterocycles. The van der Waals surface area contributed by atoms with Crippen LogP contribution in [0.2, 0.25) is 0 Å². The van der Waals surface area contributed by atoms with E-state index in [1.54, 1.807) is 54.9 Å². The van der Waals surface area contributed by atoms with Crippen molar-refractivity contribution in [1.82, 2.24) is 15.1 Å². The molecule has 2 aromatic carbocycles. The summed E-state index contributed by atoms with van der Waals surface area (Å²) in [7, 11) is 0. The van der Waals surface area contributed by atoms with Crippen molar-refractivity contribution in [2.45, 2.75) is 6.54 Å². The van der Waals surface area contributed by atoms with Crippen LogP contribution in [0, 0.1) is 5.82 Å². The summed E-state index contributed by atoms with van der Waals surface area (Å²) >= 11 is 0. The monoisotopic (exact) mass is 428 g/mol. The summed E-state index contributed by atoms with van der Waals surface area (Å²) in [4.78, 5) is 29.7. The fourth-order valence-electron chi connectivity index (χ4n) is 3.78. The summed E-state index contributed by atoms with van der Waals surface area (Å²) in [6.45, 7) is 0.754. The number of benzene rings is 2. The molecule has 3 heterocycles. The molecule has 2 N–H and O–H groups in total. The standard InChI is InChI=1S/C24H18FN5O2/c25-19-8-6-17(7-9-19)21-20(16-10-12-26-13-11-16)23-28-30(15-14-29(23)27-21)24(32)22(31)18-4-2-1-3-5-18/h1-13H,14-15H2,(H,26,27,28)/p+1. The van der Waals surface area contributed by atoms with E-state index in [2.05, 4.69) is 15.5 Å². The Balaban J connectivity index is 1.55. The van der Waals surface area contributed by atoms with Gasteiger partial charge in [-0.3, -0.25) is 14.6 Å². The number of fused-ring (bicyclic) bond motifs is 1. The van der Waals surface area contributed by atoms with Crippen LogP contribution in [0.4, 0.5) is 10.2 Å². The Morgan fingerprint density at radius 1 is 0.938 bits per heavy atom. The van der Waals surface area contributed by atoms with Crippen molar-refractivity contribution in [2.24, 2.45) is 0 Å². The molecule has 4 aromatic rings. The quantitative estimate of drug-likeness (QED) is 0.297. The first-order valence-electron chi connectivity index (χ1n) is 10.1. The highest BCUT2D eigenvalue weighted by molar-refractivity contribution is 6.42. The van der Waals surface area contributed by atoms with Crippen LogP contribution < -0.4 is 10.1 Å². The van der Waals surface area contributed by atoms with Crippen LogP contribution in [0.5, 0.6) is 0 Å². The molecule has 8 heteroatoms. The number of nitrogens with one attached hydrogen (secondary N) is 2. The number of halogens is 1. The van der Waals surface area contributed by atoms with Gasteiger partial charge in [0.2, 0.25) is 0 Å². The van der Waals surface area contributed by atoms with Crippen LogP contribution in [0.15, 0.2) is 79.1 Å². The normalized spacial score (nSPS) is 12.7. The molecule has 1 aliphatic rings. The van der Waals surface area contributed by atoms with E-state index in [4.69, 9.17) is 0 Å². The molecule has 32 heavy (non-hydrogen) atoms. The molecule has 0 aliphatic carbocycles. The van der Waals surface area contributed by atoms with E-state index >= 15 is 0 Å². The minimum absolute atomic E-state index is 0.300. The predicted octanol–water partition coefficient (Wildman–Crippen LogP) is 3.22. The maximum Gasteiger partial charge on any atom is 0.329 e. The number of Topliss-reactive ketones (excluding diaryl/α,β-unsaturated/α-hetero) is 1. The maximum atomic E-state index is 13.5. The molecule has 1 aliphatic heterocycles. The number of hydrogen-bond acceptors (Lipinski definition) is 4. The number of hydrazine groups is 1. The molecule has 0 spiro atoms. The van der Waals surface area contributed by atoms with Crippen LogP contribution in [-0.2, 0) is 11.3 Å². The third kappa shape index (κ3) is 3.51. The zero-order valence-electron chi connectivity index (χ0n) is 17.0. The van der Waals surface area contributed by atoms with Crippen molar-refractivity contribution in [3.8, 4) is 22.4 Å². The Morgan fingerprint density at radius 3 is 2.38 bits per heavy atom. The van der Waals surface area contributed by atoms with E-state index < -0.39 is 11.7 Å². The van der Waals surface area contributed by atoms with Gasteiger partial charge >= 0.3 is 11.7 Å². The first kappa shape index (κ1) is 19.6. The van der Waals surface area contributed by atoms with Gasteiger partial charge in [-0.2, -0.15) is 15.1 Å². The van der Waals surface area contributed by atoms with Crippen molar-refractivity contribution in [3.63, 3.8) is 0 Å². The molecular formula is C24H19FN5O2+. The Labute approximate surface area is 183 Å². The molecule has 1 amide bonds. The number of H-pyrrole nitrogens is 1. The molecule has 0 unspecified atom stereocenters. The highest BCUT2D eigenvalue weighted by Gasteiger charge is 2.36. The molecule has 0 radical (unpaired) electrons. The first-order chi connectivity index (χ1) is 15.6. The topological polar surface area (TPSA) is 82.0 Å². The average Bonchev–Trinajstić information content (AvgIpc) is 3.23. The number of amides is 1. The molecular weight excluding hydrogens is 409 g/mol. The molecule has 0 fully saturated rings. The number of rotatable bonds is 4. The molecule has 5 rings (SSSR count). The van der Waals surface area contributed by atoms with Gasteiger partial charge in [-0.1, -0.05) is 30.3 Å². The Morgan fingerprint density at radius 2 is 1.66 bits per heavy atom. The number of anilines is 1. The van der Waals surface area contributed by atoms with Gasteiger partial charge < -0.3 is 0 Å². The van der Waals surface area contributed by atoms with Crippen molar-refractivity contribution < 1.29 is 18.7 Å². The second-order valence-electron chi connectivity index (χ2n) is 7.37. The molecule has 7 nitrogen and oxygen atoms in total. The summed E-state index contributed by atoms with van der Waals surface area (Å²) in [5, 5.41) is 4.68. The van der Waals surface area contributed by atoms with E-state index in [9.17, 15) is 14.0 Å². The average molecular weight is 428 g/mol. The minimum Gasteiger partial charge on any atom is -0.283 e. The number of ketones is 1. The number of pyridine rings is 1. The van der Waals surface area contributed by atoms with Crippen LogP contribution in [0.25, 0.3) is 22.4 Å². The van der Waals surface area contributed by atoms with Crippen LogP contribution in [-0.4, -0.2) is 33.3 Å². The Hall–Kier alpha value is -4.33. The maximum absolute atomic E-state index is 13.5. The van der Waals surface area contributed by atoms with Gasteiger partial charge in [-0.15, -0.1) is 0 Å². The number of aromatic nitrogens is 3. The zero-order valence-corrected chi connectivity index (χ0v) is 17.0. The van der Waals surface area contributed by atoms with Crippen molar-refractivity contribution in [2.75, 3.05) is 12.0 Å². The Kier molecular flexibility index (Phi) is 4.95. The van der Waals surface area contributed by atoms with Gasteiger partial charge in [-0.25, -0.2) is 9.49 Å². The molecule has 0 atom stereocenters. The molecule has 0 saturated carbocycles. The number of aromatic amines is 1. The summed E-state index contributed by atoms with van der Waals surface area (Å²) in [5.41, 5.74) is 6.67. The zero-order chi connectivity index (χ0) is 22.1. The number of nitrogens with zero attached hydrogens (tertiary/aromatic N) is 3.